The SMILES string of the molecule is CCc1cccc(C)c1-n1nnnc1C(C)(C)Nc1ccc(Cl)cc1. The monoisotopic (exact) mass is 355 g/mol. The first-order valence-corrected chi connectivity index (χ1v) is 8.71. The maximum Gasteiger partial charge on any atom is 0.181 e. The van der Waals surface area contributed by atoms with Crippen molar-refractivity contribution in [2.24, 2.45) is 0 Å². The Balaban J connectivity index is 2.02. The van der Waals surface area contributed by atoms with Gasteiger partial charge < -0.3 is 5.32 Å². The molecule has 1 heterocycles. The second-order valence-electron chi connectivity index (χ2n) is 6.61. The topological polar surface area (TPSA) is 55.6 Å². The van der Waals surface area contributed by atoms with Crippen LogP contribution in [0.1, 0.15) is 37.7 Å². The predicted octanol–water partition coefficient (Wildman–Crippen LogP) is 4.53. The summed E-state index contributed by atoms with van der Waals surface area (Å²) in [4.78, 5) is 0. The Hall–Kier alpha value is -2.40. The second-order valence-corrected chi connectivity index (χ2v) is 7.04. The van der Waals surface area contributed by atoms with Gasteiger partial charge in [0, 0.05) is 10.7 Å². The maximum atomic E-state index is 5.97. The van der Waals surface area contributed by atoms with Gasteiger partial charge >= 0.3 is 0 Å². The van der Waals surface area contributed by atoms with Crippen LogP contribution in [-0.4, -0.2) is 20.2 Å². The highest BCUT2D eigenvalue weighted by Crippen LogP contribution is 2.28. The molecule has 0 radical (unpaired) electrons. The molecule has 25 heavy (non-hydrogen) atoms. The van der Waals surface area contributed by atoms with Crippen LogP contribution in [0.4, 0.5) is 5.69 Å². The van der Waals surface area contributed by atoms with Gasteiger partial charge in [0.2, 0.25) is 0 Å². The fourth-order valence-electron chi connectivity index (χ4n) is 2.99. The molecule has 0 amide bonds. The van der Waals surface area contributed by atoms with Gasteiger partial charge in [-0.15, -0.1) is 5.10 Å². The summed E-state index contributed by atoms with van der Waals surface area (Å²) in [5, 5.41) is 16.7. The molecule has 3 aromatic rings. The molecular weight excluding hydrogens is 334 g/mol. The summed E-state index contributed by atoms with van der Waals surface area (Å²) in [7, 11) is 0. The lowest BCUT2D eigenvalue weighted by atomic mass is 10.0. The Kier molecular flexibility index (Phi) is 4.77. The lowest BCUT2D eigenvalue weighted by Crippen LogP contribution is -2.32. The Labute approximate surface area is 153 Å². The minimum atomic E-state index is -0.468. The van der Waals surface area contributed by atoms with Gasteiger partial charge in [0.05, 0.1) is 11.2 Å². The van der Waals surface area contributed by atoms with Gasteiger partial charge in [0.15, 0.2) is 5.82 Å². The van der Waals surface area contributed by atoms with Crippen LogP contribution >= 0.6 is 11.6 Å². The molecule has 6 heteroatoms. The van der Waals surface area contributed by atoms with Crippen LogP contribution < -0.4 is 5.32 Å². The van der Waals surface area contributed by atoms with Crippen LogP contribution in [0.15, 0.2) is 42.5 Å². The third-order valence-electron chi connectivity index (χ3n) is 4.24. The van der Waals surface area contributed by atoms with E-state index in [9.17, 15) is 0 Å². The lowest BCUT2D eigenvalue weighted by Gasteiger charge is -2.27. The van der Waals surface area contributed by atoms with Gasteiger partial charge in [-0.3, -0.25) is 0 Å². The molecule has 2 aromatic carbocycles. The molecule has 0 atom stereocenters. The van der Waals surface area contributed by atoms with E-state index in [-0.39, 0.29) is 0 Å². The molecule has 0 saturated carbocycles. The lowest BCUT2D eigenvalue weighted by molar-refractivity contribution is 0.540. The number of aryl methyl sites for hydroxylation is 2. The summed E-state index contributed by atoms with van der Waals surface area (Å²) in [6.45, 7) is 8.35. The first-order chi connectivity index (χ1) is 11.9. The zero-order chi connectivity index (χ0) is 18.0. The molecule has 3 rings (SSSR count). The zero-order valence-corrected chi connectivity index (χ0v) is 15.7. The number of hydrogen-bond acceptors (Lipinski definition) is 4. The summed E-state index contributed by atoms with van der Waals surface area (Å²) >= 11 is 5.97. The third-order valence-corrected chi connectivity index (χ3v) is 4.50. The molecule has 0 bridgehead atoms. The zero-order valence-electron chi connectivity index (χ0n) is 14.9. The van der Waals surface area contributed by atoms with Crippen molar-refractivity contribution in [2.75, 3.05) is 5.32 Å². The Bertz CT molecular complexity index is 868. The van der Waals surface area contributed by atoms with E-state index in [0.29, 0.717) is 5.02 Å². The summed E-state index contributed by atoms with van der Waals surface area (Å²) in [5.41, 5.74) is 3.91. The van der Waals surface area contributed by atoms with Gasteiger partial charge in [0.1, 0.15) is 0 Å². The molecule has 0 aliphatic rings. The van der Waals surface area contributed by atoms with Crippen molar-refractivity contribution in [1.29, 1.82) is 0 Å². The smallest absolute Gasteiger partial charge is 0.181 e. The molecule has 0 fully saturated rings. The number of para-hydroxylation sites is 1. The average Bonchev–Trinajstić information content (AvgIpc) is 3.06. The molecule has 0 unspecified atom stereocenters. The van der Waals surface area contributed by atoms with E-state index in [1.165, 1.54) is 5.56 Å². The molecule has 130 valence electrons. The number of benzene rings is 2. The van der Waals surface area contributed by atoms with Crippen molar-refractivity contribution in [3.05, 3.63) is 64.4 Å². The Morgan fingerprint density at radius 3 is 2.52 bits per heavy atom. The first kappa shape index (κ1) is 17.4. The Morgan fingerprint density at radius 1 is 1.12 bits per heavy atom. The fraction of sp³-hybridized carbons (Fsp3) is 0.316. The number of tetrazole rings is 1. The summed E-state index contributed by atoms with van der Waals surface area (Å²) < 4.78 is 1.84. The molecular formula is C19H22ClN5. The van der Waals surface area contributed by atoms with Crippen molar-refractivity contribution < 1.29 is 0 Å². The van der Waals surface area contributed by atoms with Crippen LogP contribution in [-0.2, 0) is 12.0 Å². The molecule has 1 N–H and O–H groups in total. The number of nitrogens with one attached hydrogen (secondary N) is 1. The maximum absolute atomic E-state index is 5.97. The van der Waals surface area contributed by atoms with E-state index in [2.05, 4.69) is 66.7 Å². The van der Waals surface area contributed by atoms with Crippen LogP contribution in [0.5, 0.6) is 0 Å². The van der Waals surface area contributed by atoms with Crippen molar-refractivity contribution in [3.63, 3.8) is 0 Å². The van der Waals surface area contributed by atoms with Gasteiger partial charge in [-0.1, -0.05) is 36.7 Å². The number of aromatic nitrogens is 4. The summed E-state index contributed by atoms with van der Waals surface area (Å²) in [5.74, 6) is 0.756. The minimum Gasteiger partial charge on any atom is -0.373 e. The van der Waals surface area contributed by atoms with Gasteiger partial charge in [-0.25, -0.2) is 0 Å². The molecule has 1 aromatic heterocycles. The van der Waals surface area contributed by atoms with Crippen LogP contribution in [0.2, 0.25) is 5.02 Å². The molecule has 0 saturated heterocycles. The Morgan fingerprint density at radius 2 is 1.84 bits per heavy atom. The van der Waals surface area contributed by atoms with E-state index in [4.69, 9.17) is 11.6 Å². The van der Waals surface area contributed by atoms with E-state index in [1.54, 1.807) is 0 Å². The molecule has 0 aliphatic heterocycles. The van der Waals surface area contributed by atoms with E-state index in [1.807, 2.05) is 28.9 Å². The number of anilines is 1. The van der Waals surface area contributed by atoms with Crippen LogP contribution in [0.3, 0.4) is 0 Å². The van der Waals surface area contributed by atoms with E-state index in [0.717, 1.165) is 29.2 Å². The van der Waals surface area contributed by atoms with Crippen LogP contribution in [0.25, 0.3) is 5.69 Å². The number of halogens is 1. The largest absolute Gasteiger partial charge is 0.373 e. The summed E-state index contributed by atoms with van der Waals surface area (Å²) in [6, 6.07) is 13.9. The van der Waals surface area contributed by atoms with Crippen molar-refractivity contribution in [1.82, 2.24) is 20.2 Å². The summed E-state index contributed by atoms with van der Waals surface area (Å²) in [6.07, 6.45) is 0.918. The predicted molar refractivity (Wildman–Crippen MR) is 101 cm³/mol. The van der Waals surface area contributed by atoms with E-state index < -0.39 is 5.54 Å². The first-order valence-electron chi connectivity index (χ1n) is 8.34. The normalized spacial score (nSPS) is 11.6. The van der Waals surface area contributed by atoms with E-state index >= 15 is 0 Å². The van der Waals surface area contributed by atoms with Crippen LogP contribution in [0, 0.1) is 6.92 Å². The van der Waals surface area contributed by atoms with Crippen molar-refractivity contribution in [3.8, 4) is 5.69 Å². The highest BCUT2D eigenvalue weighted by molar-refractivity contribution is 6.30. The molecule has 0 aliphatic carbocycles. The standard InChI is InChI=1S/C19H22ClN5/c1-5-14-8-6-7-13(2)17(14)25-18(22-23-24-25)19(3,4)21-16-11-9-15(20)10-12-16/h6-12,21H,5H2,1-4H3. The van der Waals surface area contributed by atoms with Gasteiger partial charge in [-0.05, 0) is 73.0 Å². The average molecular weight is 356 g/mol. The highest BCUT2D eigenvalue weighted by atomic mass is 35.5. The highest BCUT2D eigenvalue weighted by Gasteiger charge is 2.29. The van der Waals surface area contributed by atoms with Gasteiger partial charge in [-0.2, -0.15) is 4.68 Å². The molecule has 0 spiro atoms. The second kappa shape index (κ2) is 6.84. The third kappa shape index (κ3) is 3.51. The minimum absolute atomic E-state index is 0.468. The fourth-order valence-corrected chi connectivity index (χ4v) is 3.11. The number of nitrogens with zero attached hydrogens (tertiary/aromatic N) is 4. The quantitative estimate of drug-likeness (QED) is 0.730. The number of rotatable bonds is 5. The van der Waals surface area contributed by atoms with Gasteiger partial charge in [0.25, 0.3) is 0 Å². The number of hydrogen-bond donors (Lipinski definition) is 1. The van der Waals surface area contributed by atoms with Crippen molar-refractivity contribution in [2.45, 2.75) is 39.7 Å². The molecule has 5 nitrogen and oxygen atoms in total. The van der Waals surface area contributed by atoms with Crippen molar-refractivity contribution >= 4 is 17.3 Å².